The van der Waals surface area contributed by atoms with Gasteiger partial charge in [-0.25, -0.2) is 4.79 Å². The van der Waals surface area contributed by atoms with Gasteiger partial charge in [0.15, 0.2) is 0 Å². The summed E-state index contributed by atoms with van der Waals surface area (Å²) >= 11 is 0. The van der Waals surface area contributed by atoms with Gasteiger partial charge in [0, 0.05) is 19.5 Å². The molecule has 5 heteroatoms. The highest BCUT2D eigenvalue weighted by Crippen LogP contribution is 2.44. The van der Waals surface area contributed by atoms with Crippen molar-refractivity contribution in [3.05, 3.63) is 72.5 Å². The van der Waals surface area contributed by atoms with E-state index in [2.05, 4.69) is 30.8 Å². The zero-order valence-corrected chi connectivity index (χ0v) is 15.6. The maximum absolute atomic E-state index is 12.3. The van der Waals surface area contributed by atoms with E-state index < -0.39 is 0 Å². The van der Waals surface area contributed by atoms with Crippen molar-refractivity contribution in [2.75, 3.05) is 40.0 Å². The SMILES string of the molecule is C=COCCOCCN(C)C(=O)OCC1c2ccccc2-c2ccccc21. The summed E-state index contributed by atoms with van der Waals surface area (Å²) in [4.78, 5) is 13.8. The Kier molecular flexibility index (Phi) is 6.49. The molecule has 0 saturated carbocycles. The molecular formula is C22H25NO4. The smallest absolute Gasteiger partial charge is 0.409 e. The highest BCUT2D eigenvalue weighted by atomic mass is 16.6. The summed E-state index contributed by atoms with van der Waals surface area (Å²) in [7, 11) is 1.71. The Balaban J connectivity index is 1.52. The fourth-order valence-electron chi connectivity index (χ4n) is 3.29. The number of amides is 1. The molecular weight excluding hydrogens is 342 g/mol. The van der Waals surface area contributed by atoms with Gasteiger partial charge in [-0.15, -0.1) is 0 Å². The van der Waals surface area contributed by atoms with Crippen LogP contribution in [0.2, 0.25) is 0 Å². The van der Waals surface area contributed by atoms with E-state index in [0.717, 1.165) is 0 Å². The van der Waals surface area contributed by atoms with Crippen LogP contribution in [-0.2, 0) is 14.2 Å². The molecule has 2 aromatic rings. The monoisotopic (exact) mass is 367 g/mol. The molecule has 5 nitrogen and oxygen atoms in total. The summed E-state index contributed by atoms with van der Waals surface area (Å²) < 4.78 is 16.0. The van der Waals surface area contributed by atoms with Crippen molar-refractivity contribution in [3.8, 4) is 11.1 Å². The number of nitrogens with zero attached hydrogens (tertiary/aromatic N) is 1. The van der Waals surface area contributed by atoms with Crippen LogP contribution in [0.3, 0.4) is 0 Å². The molecule has 0 N–H and O–H groups in total. The lowest BCUT2D eigenvalue weighted by molar-refractivity contribution is 0.0630. The molecule has 142 valence electrons. The van der Waals surface area contributed by atoms with Gasteiger partial charge in [0.1, 0.15) is 13.2 Å². The van der Waals surface area contributed by atoms with Crippen molar-refractivity contribution < 1.29 is 19.0 Å². The number of hydrogen-bond acceptors (Lipinski definition) is 4. The Morgan fingerprint density at radius 1 is 1.04 bits per heavy atom. The molecule has 1 aliphatic carbocycles. The Morgan fingerprint density at radius 3 is 2.30 bits per heavy atom. The van der Waals surface area contributed by atoms with Crippen LogP contribution in [0.25, 0.3) is 11.1 Å². The maximum Gasteiger partial charge on any atom is 0.409 e. The largest absolute Gasteiger partial charge is 0.499 e. The van der Waals surface area contributed by atoms with Gasteiger partial charge in [-0.05, 0) is 22.3 Å². The van der Waals surface area contributed by atoms with E-state index in [-0.39, 0.29) is 12.0 Å². The minimum absolute atomic E-state index is 0.0713. The Labute approximate surface area is 160 Å². The predicted molar refractivity (Wildman–Crippen MR) is 105 cm³/mol. The third-order valence-corrected chi connectivity index (χ3v) is 4.68. The molecule has 0 saturated heterocycles. The van der Waals surface area contributed by atoms with Crippen molar-refractivity contribution in [1.82, 2.24) is 4.90 Å². The Morgan fingerprint density at radius 2 is 1.67 bits per heavy atom. The first-order valence-electron chi connectivity index (χ1n) is 9.08. The molecule has 3 rings (SSSR count). The second-order valence-electron chi connectivity index (χ2n) is 6.38. The molecule has 0 bridgehead atoms. The summed E-state index contributed by atoms with van der Waals surface area (Å²) in [6.45, 7) is 5.60. The van der Waals surface area contributed by atoms with Crippen LogP contribution < -0.4 is 0 Å². The van der Waals surface area contributed by atoms with Crippen molar-refractivity contribution in [2.24, 2.45) is 0 Å². The van der Waals surface area contributed by atoms with E-state index in [4.69, 9.17) is 14.2 Å². The molecule has 1 amide bonds. The molecule has 0 atom stereocenters. The maximum atomic E-state index is 12.3. The number of rotatable bonds is 9. The predicted octanol–water partition coefficient (Wildman–Crippen LogP) is 4.04. The molecule has 0 aliphatic heterocycles. The molecule has 2 aromatic carbocycles. The summed E-state index contributed by atoms with van der Waals surface area (Å²) in [5.41, 5.74) is 4.86. The second kappa shape index (κ2) is 9.24. The van der Waals surface area contributed by atoms with Gasteiger partial charge in [0.25, 0.3) is 0 Å². The molecule has 0 fully saturated rings. The topological polar surface area (TPSA) is 48.0 Å². The second-order valence-corrected chi connectivity index (χ2v) is 6.38. The number of fused-ring (bicyclic) bond motifs is 3. The summed E-state index contributed by atoms with van der Waals surface area (Å²) in [6, 6.07) is 16.6. The molecule has 0 radical (unpaired) electrons. The highest BCUT2D eigenvalue weighted by Gasteiger charge is 2.29. The molecule has 0 spiro atoms. The van der Waals surface area contributed by atoms with Gasteiger partial charge in [0.05, 0.1) is 19.5 Å². The van der Waals surface area contributed by atoms with Crippen LogP contribution in [0.15, 0.2) is 61.4 Å². The van der Waals surface area contributed by atoms with E-state index in [1.54, 1.807) is 7.05 Å². The average Bonchev–Trinajstić information content (AvgIpc) is 3.02. The van der Waals surface area contributed by atoms with Gasteiger partial charge in [-0.1, -0.05) is 55.1 Å². The number of likely N-dealkylation sites (N-methyl/N-ethyl adjacent to an activating group) is 1. The normalized spacial score (nSPS) is 12.2. The van der Waals surface area contributed by atoms with Gasteiger partial charge >= 0.3 is 6.09 Å². The Bertz CT molecular complexity index is 744. The van der Waals surface area contributed by atoms with Gasteiger partial charge < -0.3 is 19.1 Å². The first-order chi connectivity index (χ1) is 13.2. The van der Waals surface area contributed by atoms with Crippen molar-refractivity contribution in [2.45, 2.75) is 5.92 Å². The van der Waals surface area contributed by atoms with E-state index in [0.29, 0.717) is 33.0 Å². The van der Waals surface area contributed by atoms with E-state index in [1.807, 2.05) is 24.3 Å². The third-order valence-electron chi connectivity index (χ3n) is 4.68. The van der Waals surface area contributed by atoms with Crippen LogP contribution in [0.5, 0.6) is 0 Å². The zero-order chi connectivity index (χ0) is 19.1. The van der Waals surface area contributed by atoms with Crippen LogP contribution in [0, 0.1) is 0 Å². The molecule has 0 aromatic heterocycles. The number of carbonyl (C=O) groups is 1. The lowest BCUT2D eigenvalue weighted by Crippen LogP contribution is -2.32. The Hall–Kier alpha value is -2.79. The van der Waals surface area contributed by atoms with E-state index >= 15 is 0 Å². The zero-order valence-electron chi connectivity index (χ0n) is 15.6. The summed E-state index contributed by atoms with van der Waals surface area (Å²) in [5.74, 6) is 0.0713. The van der Waals surface area contributed by atoms with Crippen molar-refractivity contribution in [1.29, 1.82) is 0 Å². The van der Waals surface area contributed by atoms with Crippen LogP contribution in [-0.4, -0.2) is 51.0 Å². The molecule has 1 aliphatic rings. The molecule has 0 unspecified atom stereocenters. The first-order valence-corrected chi connectivity index (χ1v) is 9.08. The fraction of sp³-hybridized carbons (Fsp3) is 0.318. The number of benzene rings is 2. The minimum Gasteiger partial charge on any atom is -0.499 e. The first kappa shape index (κ1) is 19.0. The van der Waals surface area contributed by atoms with Crippen molar-refractivity contribution in [3.63, 3.8) is 0 Å². The summed E-state index contributed by atoms with van der Waals surface area (Å²) in [6.07, 6.45) is 1.04. The average molecular weight is 367 g/mol. The van der Waals surface area contributed by atoms with Crippen LogP contribution in [0.1, 0.15) is 17.0 Å². The van der Waals surface area contributed by atoms with Gasteiger partial charge in [-0.2, -0.15) is 0 Å². The van der Waals surface area contributed by atoms with E-state index in [1.165, 1.54) is 33.4 Å². The standard InChI is InChI=1S/C22H25NO4/c1-3-25-14-15-26-13-12-23(2)22(24)27-16-21-19-10-6-4-8-17(19)18-9-5-7-11-20(18)21/h3-11,21H,1,12-16H2,2H3. The lowest BCUT2D eigenvalue weighted by Gasteiger charge is -2.19. The molecule has 27 heavy (non-hydrogen) atoms. The lowest BCUT2D eigenvalue weighted by atomic mass is 9.98. The van der Waals surface area contributed by atoms with Crippen molar-refractivity contribution >= 4 is 6.09 Å². The number of ether oxygens (including phenoxy) is 3. The van der Waals surface area contributed by atoms with E-state index in [9.17, 15) is 4.79 Å². The third kappa shape index (κ3) is 4.49. The fourth-order valence-corrected chi connectivity index (χ4v) is 3.29. The molecule has 0 heterocycles. The highest BCUT2D eigenvalue weighted by molar-refractivity contribution is 5.79. The van der Waals surface area contributed by atoms with Crippen LogP contribution >= 0.6 is 0 Å². The van der Waals surface area contributed by atoms with Gasteiger partial charge in [-0.3, -0.25) is 0 Å². The summed E-state index contributed by atoms with van der Waals surface area (Å²) in [5, 5.41) is 0. The minimum atomic E-state index is -0.345. The number of hydrogen-bond donors (Lipinski definition) is 0. The van der Waals surface area contributed by atoms with Crippen LogP contribution in [0.4, 0.5) is 4.79 Å². The number of carbonyl (C=O) groups excluding carboxylic acids is 1. The quantitative estimate of drug-likeness (QED) is 0.496. The van der Waals surface area contributed by atoms with Gasteiger partial charge in [0.2, 0.25) is 0 Å².